The molecule has 0 atom stereocenters. The van der Waals surface area contributed by atoms with Gasteiger partial charge < -0.3 is 10.1 Å². The number of nitrogens with zero attached hydrogens (tertiary/aromatic N) is 4. The van der Waals surface area contributed by atoms with Gasteiger partial charge in [0.05, 0.1) is 17.0 Å². The van der Waals surface area contributed by atoms with Crippen LogP contribution < -0.4 is 5.32 Å². The Morgan fingerprint density at radius 2 is 2.35 bits per heavy atom. The first-order valence-electron chi connectivity index (χ1n) is 7.16. The minimum absolute atomic E-state index is 0.00400. The number of fused-ring (bicyclic) bond motifs is 1. The summed E-state index contributed by atoms with van der Waals surface area (Å²) in [6.07, 6.45) is 0.883. The molecule has 1 aromatic heterocycles. The van der Waals surface area contributed by atoms with Gasteiger partial charge in [0.25, 0.3) is 0 Å². The molecule has 120 valence electrons. The number of aromatic nitrogens is 4. The van der Waals surface area contributed by atoms with Crippen LogP contribution in [0, 0.1) is 0 Å². The van der Waals surface area contributed by atoms with Crippen LogP contribution in [-0.4, -0.2) is 37.8 Å². The summed E-state index contributed by atoms with van der Waals surface area (Å²) in [6, 6.07) is 5.11. The van der Waals surface area contributed by atoms with Crippen molar-refractivity contribution in [2.24, 2.45) is 0 Å². The third kappa shape index (κ3) is 3.50. The lowest BCUT2D eigenvalue weighted by Crippen LogP contribution is -2.19. The van der Waals surface area contributed by atoms with Crippen molar-refractivity contribution in [3.8, 4) is 0 Å². The molecule has 0 unspecified atom stereocenters. The molecule has 0 saturated carbocycles. The SMILES string of the molecule is CCCn1nnnc1COC(=O)c1ccc2c(c1)NC(=O)CS2. The first-order valence-corrected chi connectivity index (χ1v) is 8.15. The highest BCUT2D eigenvalue weighted by atomic mass is 32.2. The first kappa shape index (κ1) is 15.5. The molecule has 1 N–H and O–H groups in total. The predicted molar refractivity (Wildman–Crippen MR) is 83.0 cm³/mol. The van der Waals surface area contributed by atoms with Gasteiger partial charge in [0.2, 0.25) is 5.91 Å². The third-order valence-electron chi connectivity index (χ3n) is 3.22. The molecule has 8 nitrogen and oxygen atoms in total. The number of anilines is 1. The quantitative estimate of drug-likeness (QED) is 0.827. The molecule has 2 aromatic rings. The fraction of sp³-hybridized carbons (Fsp3) is 0.357. The molecule has 1 amide bonds. The summed E-state index contributed by atoms with van der Waals surface area (Å²) in [5.41, 5.74) is 1.01. The number of hydrogen-bond acceptors (Lipinski definition) is 7. The second-order valence-corrected chi connectivity index (χ2v) is 5.96. The fourth-order valence-electron chi connectivity index (χ4n) is 2.14. The molecule has 0 bridgehead atoms. The summed E-state index contributed by atoms with van der Waals surface area (Å²) in [4.78, 5) is 24.5. The van der Waals surface area contributed by atoms with Gasteiger partial charge in [0.1, 0.15) is 0 Å². The normalized spacial score (nSPS) is 13.3. The summed E-state index contributed by atoms with van der Waals surface area (Å²) < 4.78 is 6.86. The molecule has 0 spiro atoms. The second-order valence-electron chi connectivity index (χ2n) is 4.94. The van der Waals surface area contributed by atoms with E-state index in [9.17, 15) is 9.59 Å². The highest BCUT2D eigenvalue weighted by Gasteiger charge is 2.18. The molecule has 0 radical (unpaired) electrons. The van der Waals surface area contributed by atoms with Gasteiger partial charge in [0.15, 0.2) is 12.4 Å². The van der Waals surface area contributed by atoms with E-state index < -0.39 is 5.97 Å². The van der Waals surface area contributed by atoms with Gasteiger partial charge in [-0.3, -0.25) is 4.79 Å². The summed E-state index contributed by atoms with van der Waals surface area (Å²) >= 11 is 1.44. The number of ether oxygens (including phenoxy) is 1. The van der Waals surface area contributed by atoms with Gasteiger partial charge in [-0.15, -0.1) is 16.9 Å². The van der Waals surface area contributed by atoms with Crippen LogP contribution in [0.2, 0.25) is 0 Å². The van der Waals surface area contributed by atoms with Crippen molar-refractivity contribution < 1.29 is 14.3 Å². The van der Waals surface area contributed by atoms with Crippen LogP contribution in [0.15, 0.2) is 23.1 Å². The molecule has 23 heavy (non-hydrogen) atoms. The number of benzene rings is 1. The smallest absolute Gasteiger partial charge is 0.338 e. The molecule has 0 aliphatic carbocycles. The zero-order valence-corrected chi connectivity index (χ0v) is 13.3. The van der Waals surface area contributed by atoms with E-state index >= 15 is 0 Å². The number of amides is 1. The fourth-order valence-corrected chi connectivity index (χ4v) is 2.92. The van der Waals surface area contributed by atoms with E-state index in [4.69, 9.17) is 4.74 Å². The predicted octanol–water partition coefficient (Wildman–Crippen LogP) is 1.48. The molecule has 0 fully saturated rings. The summed E-state index contributed by atoms with van der Waals surface area (Å²) in [7, 11) is 0. The van der Waals surface area contributed by atoms with Crippen molar-refractivity contribution in [1.29, 1.82) is 0 Å². The number of esters is 1. The van der Waals surface area contributed by atoms with Gasteiger partial charge in [-0.05, 0) is 35.0 Å². The topological polar surface area (TPSA) is 99.0 Å². The maximum absolute atomic E-state index is 12.2. The number of aryl methyl sites for hydroxylation is 1. The molecule has 3 rings (SSSR count). The van der Waals surface area contributed by atoms with Gasteiger partial charge in [-0.2, -0.15) is 0 Å². The van der Waals surface area contributed by atoms with Crippen LogP contribution in [-0.2, 0) is 22.7 Å². The zero-order chi connectivity index (χ0) is 16.2. The first-order chi connectivity index (χ1) is 11.2. The van der Waals surface area contributed by atoms with Gasteiger partial charge in [-0.1, -0.05) is 6.92 Å². The Morgan fingerprint density at radius 1 is 1.48 bits per heavy atom. The third-order valence-corrected chi connectivity index (χ3v) is 4.30. The van der Waals surface area contributed by atoms with E-state index in [1.165, 1.54) is 11.8 Å². The standard InChI is InChI=1S/C14H15N5O3S/c1-2-5-19-12(16-17-18-19)7-22-14(21)9-3-4-11-10(6-9)15-13(20)8-23-11/h3-4,6H,2,5,7-8H2,1H3,(H,15,20). The van der Waals surface area contributed by atoms with Crippen molar-refractivity contribution in [2.45, 2.75) is 31.4 Å². The van der Waals surface area contributed by atoms with E-state index in [-0.39, 0.29) is 12.5 Å². The van der Waals surface area contributed by atoms with E-state index in [2.05, 4.69) is 20.8 Å². The van der Waals surface area contributed by atoms with Gasteiger partial charge in [-0.25, -0.2) is 9.48 Å². The van der Waals surface area contributed by atoms with E-state index in [0.29, 0.717) is 29.4 Å². The number of carbonyl (C=O) groups excluding carboxylic acids is 2. The Bertz CT molecular complexity index is 746. The lowest BCUT2D eigenvalue weighted by molar-refractivity contribution is -0.113. The minimum Gasteiger partial charge on any atom is -0.454 e. The Balaban J connectivity index is 1.67. The molecule has 9 heteroatoms. The number of thioether (sulfide) groups is 1. The van der Waals surface area contributed by atoms with E-state index in [1.807, 2.05) is 6.92 Å². The Kier molecular flexibility index (Phi) is 4.56. The van der Waals surface area contributed by atoms with E-state index in [1.54, 1.807) is 22.9 Å². The molecule has 1 aliphatic rings. The monoisotopic (exact) mass is 333 g/mol. The second kappa shape index (κ2) is 6.78. The molecule has 1 aliphatic heterocycles. The maximum atomic E-state index is 12.2. The molecular weight excluding hydrogens is 318 g/mol. The zero-order valence-electron chi connectivity index (χ0n) is 12.5. The maximum Gasteiger partial charge on any atom is 0.338 e. The molecule has 2 heterocycles. The Labute approximate surface area is 136 Å². The highest BCUT2D eigenvalue weighted by molar-refractivity contribution is 8.00. The minimum atomic E-state index is -0.483. The van der Waals surface area contributed by atoms with Gasteiger partial charge >= 0.3 is 5.97 Å². The highest BCUT2D eigenvalue weighted by Crippen LogP contribution is 2.32. The van der Waals surface area contributed by atoms with Crippen LogP contribution in [0.25, 0.3) is 0 Å². The average Bonchev–Trinajstić information content (AvgIpc) is 2.99. The molecular formula is C14H15N5O3S. The Hall–Kier alpha value is -2.42. The van der Waals surface area contributed by atoms with Crippen LogP contribution >= 0.6 is 11.8 Å². The number of carbonyl (C=O) groups is 2. The number of rotatable bonds is 5. The lowest BCUT2D eigenvalue weighted by Gasteiger charge is -2.16. The van der Waals surface area contributed by atoms with Crippen molar-refractivity contribution >= 4 is 29.3 Å². The average molecular weight is 333 g/mol. The largest absolute Gasteiger partial charge is 0.454 e. The van der Waals surface area contributed by atoms with Crippen molar-refractivity contribution in [2.75, 3.05) is 11.1 Å². The lowest BCUT2D eigenvalue weighted by atomic mass is 10.2. The van der Waals surface area contributed by atoms with Crippen LogP contribution in [0.4, 0.5) is 5.69 Å². The van der Waals surface area contributed by atoms with E-state index in [0.717, 1.165) is 11.3 Å². The van der Waals surface area contributed by atoms with Crippen LogP contribution in [0.3, 0.4) is 0 Å². The number of hydrogen-bond donors (Lipinski definition) is 1. The van der Waals surface area contributed by atoms with Crippen molar-refractivity contribution in [3.63, 3.8) is 0 Å². The summed E-state index contributed by atoms with van der Waals surface area (Å²) in [6.45, 7) is 2.68. The van der Waals surface area contributed by atoms with Crippen molar-refractivity contribution in [1.82, 2.24) is 20.2 Å². The Morgan fingerprint density at radius 3 is 3.17 bits per heavy atom. The van der Waals surface area contributed by atoms with Crippen LogP contribution in [0.5, 0.6) is 0 Å². The number of nitrogens with one attached hydrogen (secondary N) is 1. The summed E-state index contributed by atoms with van der Waals surface area (Å²) in [5, 5.41) is 14.0. The summed E-state index contributed by atoms with van der Waals surface area (Å²) in [5.74, 6) is 0.328. The van der Waals surface area contributed by atoms with Crippen molar-refractivity contribution in [3.05, 3.63) is 29.6 Å². The molecule has 0 saturated heterocycles. The van der Waals surface area contributed by atoms with Crippen LogP contribution in [0.1, 0.15) is 29.5 Å². The molecule has 1 aromatic carbocycles. The number of tetrazole rings is 1. The van der Waals surface area contributed by atoms with Gasteiger partial charge in [0, 0.05) is 11.4 Å².